The Morgan fingerprint density at radius 2 is 1.39 bits per heavy atom. The van der Waals surface area contributed by atoms with E-state index in [9.17, 15) is 0 Å². The van der Waals surface area contributed by atoms with E-state index in [4.69, 9.17) is 0 Å². The largest absolute Gasteiger partial charge is 0.133 e. The topological polar surface area (TPSA) is 0 Å². The molecule has 4 aliphatic heterocycles. The fourth-order valence-corrected chi connectivity index (χ4v) is 10.4. The Morgan fingerprint density at radius 3 is 1.70 bits per heavy atom. The predicted octanol–water partition coefficient (Wildman–Crippen LogP) is 6.80. The SMILES string of the molecule is CC#CC12CC3SC(C1)SC(C2)S3.CCC.Cc1ccccc1. The highest BCUT2D eigenvalue weighted by atomic mass is 32.3. The normalized spacial score (nSPS) is 32.6. The minimum Gasteiger partial charge on any atom is -0.133 e. The summed E-state index contributed by atoms with van der Waals surface area (Å²) < 4.78 is 2.58. The highest BCUT2D eigenvalue weighted by molar-refractivity contribution is 8.33. The molecule has 0 aliphatic carbocycles. The second-order valence-corrected chi connectivity index (χ2v) is 11.5. The molecule has 23 heavy (non-hydrogen) atoms. The van der Waals surface area contributed by atoms with E-state index in [0.29, 0.717) is 5.41 Å². The Kier molecular flexibility index (Phi) is 7.79. The van der Waals surface area contributed by atoms with Gasteiger partial charge in [0.05, 0.1) is 13.7 Å². The van der Waals surface area contributed by atoms with Gasteiger partial charge in [-0.25, -0.2) is 0 Å². The van der Waals surface area contributed by atoms with Crippen LogP contribution in [0.25, 0.3) is 0 Å². The van der Waals surface area contributed by atoms with Gasteiger partial charge >= 0.3 is 0 Å². The average molecular weight is 365 g/mol. The van der Waals surface area contributed by atoms with Gasteiger partial charge in [0.2, 0.25) is 0 Å². The van der Waals surface area contributed by atoms with Gasteiger partial charge in [-0.05, 0) is 33.1 Å². The lowest BCUT2D eigenvalue weighted by atomic mass is 9.79. The first kappa shape index (κ1) is 19.2. The van der Waals surface area contributed by atoms with E-state index in [2.05, 4.69) is 80.0 Å². The van der Waals surface area contributed by atoms with Crippen molar-refractivity contribution in [1.29, 1.82) is 0 Å². The molecule has 4 heterocycles. The Hall–Kier alpha value is -0.170. The third-order valence-corrected chi connectivity index (χ3v) is 8.73. The third kappa shape index (κ3) is 5.69. The van der Waals surface area contributed by atoms with Crippen molar-refractivity contribution in [1.82, 2.24) is 0 Å². The fraction of sp³-hybridized carbons (Fsp3) is 0.600. The monoisotopic (exact) mass is 364 g/mol. The third-order valence-electron chi connectivity index (χ3n) is 3.91. The van der Waals surface area contributed by atoms with Crippen molar-refractivity contribution < 1.29 is 0 Å². The summed E-state index contributed by atoms with van der Waals surface area (Å²) in [5, 5.41) is 0. The molecular weight excluding hydrogens is 336 g/mol. The van der Waals surface area contributed by atoms with Crippen LogP contribution in [0.5, 0.6) is 0 Å². The summed E-state index contributed by atoms with van der Waals surface area (Å²) in [6.07, 6.45) is 5.28. The van der Waals surface area contributed by atoms with Crippen LogP contribution in [-0.2, 0) is 0 Å². The first-order chi connectivity index (χ1) is 11.1. The first-order valence-corrected chi connectivity index (χ1v) is 11.4. The van der Waals surface area contributed by atoms with Crippen molar-refractivity contribution in [3.05, 3.63) is 35.9 Å². The van der Waals surface area contributed by atoms with Crippen LogP contribution in [0.4, 0.5) is 0 Å². The van der Waals surface area contributed by atoms with E-state index in [1.54, 1.807) is 0 Å². The molecule has 5 rings (SSSR count). The number of aryl methyl sites for hydroxylation is 1. The molecule has 4 saturated heterocycles. The zero-order valence-corrected chi connectivity index (χ0v) is 17.1. The molecule has 0 atom stereocenters. The van der Waals surface area contributed by atoms with Crippen molar-refractivity contribution in [3.8, 4) is 11.8 Å². The van der Waals surface area contributed by atoms with Crippen LogP contribution in [0, 0.1) is 24.2 Å². The van der Waals surface area contributed by atoms with Gasteiger partial charge in [0.1, 0.15) is 0 Å². The molecule has 0 nitrogen and oxygen atoms in total. The summed E-state index contributed by atoms with van der Waals surface area (Å²) in [6, 6.07) is 10.3. The van der Waals surface area contributed by atoms with Crippen molar-refractivity contribution in [3.63, 3.8) is 0 Å². The summed E-state index contributed by atoms with van der Waals surface area (Å²) in [7, 11) is 0. The molecule has 4 bridgehead atoms. The van der Waals surface area contributed by atoms with Crippen molar-refractivity contribution in [2.75, 3.05) is 0 Å². The second kappa shape index (κ2) is 9.35. The van der Waals surface area contributed by atoms with Crippen molar-refractivity contribution in [2.45, 2.75) is 67.1 Å². The molecule has 0 radical (unpaired) electrons. The Morgan fingerprint density at radius 1 is 0.957 bits per heavy atom. The zero-order valence-electron chi connectivity index (χ0n) is 14.7. The molecule has 1 aromatic carbocycles. The molecule has 126 valence electrons. The van der Waals surface area contributed by atoms with Gasteiger partial charge < -0.3 is 0 Å². The molecule has 0 N–H and O–H groups in total. The second-order valence-electron chi connectivity index (χ2n) is 6.33. The number of rotatable bonds is 0. The molecule has 4 fully saturated rings. The maximum Gasteiger partial charge on any atom is 0.0539 e. The number of thioether (sulfide) groups is 3. The van der Waals surface area contributed by atoms with E-state index >= 15 is 0 Å². The summed E-state index contributed by atoms with van der Waals surface area (Å²) >= 11 is 6.57. The zero-order chi connectivity index (χ0) is 16.7. The van der Waals surface area contributed by atoms with Crippen LogP contribution >= 0.6 is 35.3 Å². The Balaban J connectivity index is 0.000000163. The van der Waals surface area contributed by atoms with Crippen molar-refractivity contribution in [2.24, 2.45) is 5.41 Å². The summed E-state index contributed by atoms with van der Waals surface area (Å²) in [5.41, 5.74) is 1.75. The summed E-state index contributed by atoms with van der Waals surface area (Å²) in [6.45, 7) is 8.33. The number of hydrogen-bond acceptors (Lipinski definition) is 3. The number of hydrogen-bond donors (Lipinski definition) is 0. The lowest BCUT2D eigenvalue weighted by Gasteiger charge is -2.53. The van der Waals surface area contributed by atoms with Gasteiger partial charge in [-0.2, -0.15) is 0 Å². The van der Waals surface area contributed by atoms with E-state index in [0.717, 1.165) is 13.7 Å². The highest BCUT2D eigenvalue weighted by Crippen LogP contribution is 2.66. The van der Waals surface area contributed by atoms with E-state index in [-0.39, 0.29) is 0 Å². The van der Waals surface area contributed by atoms with Crippen LogP contribution in [0.15, 0.2) is 30.3 Å². The Labute approximate surface area is 155 Å². The van der Waals surface area contributed by atoms with Crippen LogP contribution < -0.4 is 0 Å². The lowest BCUT2D eigenvalue weighted by molar-refractivity contribution is 0.322. The lowest BCUT2D eigenvalue weighted by Crippen LogP contribution is -2.43. The molecule has 1 aromatic rings. The quantitative estimate of drug-likeness (QED) is 0.465. The van der Waals surface area contributed by atoms with Gasteiger partial charge in [-0.1, -0.05) is 62.1 Å². The average Bonchev–Trinajstić information content (AvgIpc) is 2.48. The van der Waals surface area contributed by atoms with Crippen LogP contribution in [0.1, 0.15) is 52.0 Å². The molecular formula is C20H28S3. The van der Waals surface area contributed by atoms with Gasteiger partial charge in [-0.3, -0.25) is 0 Å². The summed E-state index contributed by atoms with van der Waals surface area (Å²) in [4.78, 5) is 0. The standard InChI is InChI=1S/C10H12S3.C7H8.C3H8/c1-2-3-10-4-7-11-8(5-10)13-9(6-10)12-7;1-7-5-3-2-4-6-7;1-3-2/h7-9H,4-6H2,1H3;2-6H,1H3;3H2,1-2H3. The molecule has 0 unspecified atom stereocenters. The van der Waals surface area contributed by atoms with E-state index in [1.807, 2.05) is 25.1 Å². The highest BCUT2D eigenvalue weighted by Gasteiger charge is 2.51. The van der Waals surface area contributed by atoms with Gasteiger partial charge in [0.15, 0.2) is 0 Å². The smallest absolute Gasteiger partial charge is 0.0539 e. The Bertz CT molecular complexity index is 492. The summed E-state index contributed by atoms with van der Waals surface area (Å²) in [5.74, 6) is 6.65. The molecule has 0 saturated carbocycles. The minimum absolute atomic E-state index is 0.427. The van der Waals surface area contributed by atoms with E-state index in [1.165, 1.54) is 31.2 Å². The maximum atomic E-state index is 3.50. The molecule has 3 heteroatoms. The van der Waals surface area contributed by atoms with Gasteiger partial charge in [0, 0.05) is 5.41 Å². The van der Waals surface area contributed by atoms with Crippen molar-refractivity contribution >= 4 is 35.3 Å². The predicted molar refractivity (Wildman–Crippen MR) is 111 cm³/mol. The van der Waals surface area contributed by atoms with Crippen LogP contribution in [0.2, 0.25) is 0 Å². The van der Waals surface area contributed by atoms with Crippen LogP contribution in [-0.4, -0.2) is 13.7 Å². The van der Waals surface area contributed by atoms with Gasteiger partial charge in [-0.15, -0.1) is 41.2 Å². The molecule has 0 amide bonds. The molecule has 0 spiro atoms. The van der Waals surface area contributed by atoms with E-state index < -0.39 is 0 Å². The minimum atomic E-state index is 0.427. The molecule has 4 aliphatic rings. The van der Waals surface area contributed by atoms with Crippen LogP contribution in [0.3, 0.4) is 0 Å². The first-order valence-electron chi connectivity index (χ1n) is 8.52. The molecule has 0 aromatic heterocycles. The number of benzene rings is 1. The fourth-order valence-electron chi connectivity index (χ4n) is 3.05. The maximum absolute atomic E-state index is 3.50. The van der Waals surface area contributed by atoms with Gasteiger partial charge in [0.25, 0.3) is 0 Å².